The van der Waals surface area contributed by atoms with Crippen molar-refractivity contribution >= 4 is 18.7 Å². The largest absolute Gasteiger partial charge is 0.447 e. The number of carbonyl (C=O) groups is 1. The lowest BCUT2D eigenvalue weighted by Gasteiger charge is -2.04. The molecule has 54 valence electrons. The number of hydrogen-bond donors (Lipinski definition) is 3. The van der Waals surface area contributed by atoms with Crippen molar-refractivity contribution in [3.05, 3.63) is 0 Å². The van der Waals surface area contributed by atoms with Crippen molar-refractivity contribution in [3.8, 4) is 0 Å². The Kier molecular flexibility index (Phi) is 4.25. The van der Waals surface area contributed by atoms with Gasteiger partial charge in [-0.2, -0.15) is 12.6 Å². The molecule has 0 saturated heterocycles. The fraction of sp³-hybridized carbons (Fsp3) is 0.750. The molecule has 0 aromatic rings. The van der Waals surface area contributed by atoms with Gasteiger partial charge in [0.25, 0.3) is 0 Å². The van der Waals surface area contributed by atoms with Gasteiger partial charge in [-0.1, -0.05) is 0 Å². The molecule has 0 aromatic carbocycles. The summed E-state index contributed by atoms with van der Waals surface area (Å²) in [5.74, 6) is 0.257. The molecule has 0 saturated carbocycles. The lowest BCUT2D eigenvalue weighted by molar-refractivity contribution is 0.0860. The third kappa shape index (κ3) is 5.45. The van der Waals surface area contributed by atoms with Crippen molar-refractivity contribution in [3.63, 3.8) is 0 Å². The van der Waals surface area contributed by atoms with Gasteiger partial charge < -0.3 is 15.6 Å². The van der Waals surface area contributed by atoms with Gasteiger partial charge in [-0.3, -0.25) is 0 Å². The van der Waals surface area contributed by atoms with Crippen molar-refractivity contribution in [1.29, 1.82) is 0 Å². The van der Waals surface area contributed by atoms with E-state index in [9.17, 15) is 4.79 Å². The normalized spacial score (nSPS) is 12.7. The van der Waals surface area contributed by atoms with Crippen molar-refractivity contribution < 1.29 is 14.6 Å². The van der Waals surface area contributed by atoms with E-state index in [1.54, 1.807) is 0 Å². The monoisotopic (exact) mass is 151 g/mol. The zero-order chi connectivity index (χ0) is 7.28. The number of aliphatic hydroxyl groups excluding tert-OH is 1. The topological polar surface area (TPSA) is 72.6 Å². The molecule has 9 heavy (non-hydrogen) atoms. The third-order valence-electron chi connectivity index (χ3n) is 0.629. The van der Waals surface area contributed by atoms with Crippen LogP contribution in [0.5, 0.6) is 0 Å². The summed E-state index contributed by atoms with van der Waals surface area (Å²) >= 11 is 3.74. The van der Waals surface area contributed by atoms with Gasteiger partial charge in [0.2, 0.25) is 0 Å². The predicted molar refractivity (Wildman–Crippen MR) is 35.4 cm³/mol. The Balaban J connectivity index is 3.16. The highest BCUT2D eigenvalue weighted by Crippen LogP contribution is 1.87. The van der Waals surface area contributed by atoms with Crippen LogP contribution in [0.4, 0.5) is 4.79 Å². The number of amides is 1. The van der Waals surface area contributed by atoms with Crippen LogP contribution in [-0.2, 0) is 4.74 Å². The molecule has 1 unspecified atom stereocenters. The quantitative estimate of drug-likeness (QED) is 0.470. The molecule has 0 fully saturated rings. The Bertz CT molecular complexity index is 97.8. The summed E-state index contributed by atoms with van der Waals surface area (Å²) in [4.78, 5) is 9.88. The minimum atomic E-state index is -0.879. The van der Waals surface area contributed by atoms with Crippen LogP contribution < -0.4 is 5.73 Å². The van der Waals surface area contributed by atoms with E-state index < -0.39 is 12.2 Å². The van der Waals surface area contributed by atoms with Gasteiger partial charge in [-0.05, 0) is 0 Å². The van der Waals surface area contributed by atoms with Crippen LogP contribution in [-0.4, -0.2) is 29.7 Å². The van der Waals surface area contributed by atoms with Crippen LogP contribution >= 0.6 is 12.6 Å². The second-order valence-corrected chi connectivity index (χ2v) is 1.83. The molecule has 1 amide bonds. The number of hydrogen-bond acceptors (Lipinski definition) is 4. The Hall–Kier alpha value is -0.420. The van der Waals surface area contributed by atoms with Crippen molar-refractivity contribution in [2.75, 3.05) is 12.4 Å². The van der Waals surface area contributed by atoms with Crippen LogP contribution in [0.25, 0.3) is 0 Å². The van der Waals surface area contributed by atoms with E-state index in [2.05, 4.69) is 23.1 Å². The minimum absolute atomic E-state index is 0.0845. The molecule has 3 N–H and O–H groups in total. The third-order valence-corrected chi connectivity index (χ3v) is 1.05. The molecule has 0 heterocycles. The smallest absolute Gasteiger partial charge is 0.404 e. The number of thiol groups is 1. The van der Waals surface area contributed by atoms with E-state index in [4.69, 9.17) is 5.11 Å². The van der Waals surface area contributed by atoms with Crippen LogP contribution in [0.15, 0.2) is 0 Å². The molecule has 5 heteroatoms. The molecule has 0 aromatic heterocycles. The Morgan fingerprint density at radius 3 is 2.78 bits per heavy atom. The van der Waals surface area contributed by atoms with Crippen molar-refractivity contribution in [2.24, 2.45) is 5.73 Å². The van der Waals surface area contributed by atoms with E-state index in [1.807, 2.05) is 0 Å². The molecule has 4 nitrogen and oxygen atoms in total. The van der Waals surface area contributed by atoms with Crippen molar-refractivity contribution in [2.45, 2.75) is 6.10 Å². The first-order valence-corrected chi connectivity index (χ1v) is 3.01. The van der Waals surface area contributed by atoms with E-state index in [0.29, 0.717) is 0 Å². The van der Waals surface area contributed by atoms with Crippen molar-refractivity contribution in [1.82, 2.24) is 0 Å². The molecule has 0 radical (unpaired) electrons. The molecular weight excluding hydrogens is 142 g/mol. The highest BCUT2D eigenvalue weighted by Gasteiger charge is 2.02. The molecule has 0 aliphatic carbocycles. The number of aliphatic hydroxyl groups is 1. The molecule has 0 bridgehead atoms. The maximum atomic E-state index is 9.88. The second-order valence-electron chi connectivity index (χ2n) is 1.47. The van der Waals surface area contributed by atoms with E-state index >= 15 is 0 Å². The summed E-state index contributed by atoms with van der Waals surface area (Å²) in [7, 11) is 0. The number of nitrogens with two attached hydrogens (primary N) is 1. The van der Waals surface area contributed by atoms with Crippen LogP contribution in [0.3, 0.4) is 0 Å². The molecule has 0 spiro atoms. The van der Waals surface area contributed by atoms with Crippen LogP contribution in [0, 0.1) is 0 Å². The van der Waals surface area contributed by atoms with Gasteiger partial charge >= 0.3 is 6.09 Å². The fourth-order valence-corrected chi connectivity index (χ4v) is 0.336. The molecule has 0 aliphatic heterocycles. The first kappa shape index (κ1) is 8.58. The number of carbonyl (C=O) groups excluding carboxylic acids is 1. The van der Waals surface area contributed by atoms with Crippen LogP contribution in [0.1, 0.15) is 0 Å². The first-order valence-electron chi connectivity index (χ1n) is 2.38. The van der Waals surface area contributed by atoms with Gasteiger partial charge in [-0.15, -0.1) is 0 Å². The zero-order valence-corrected chi connectivity index (χ0v) is 5.67. The highest BCUT2D eigenvalue weighted by molar-refractivity contribution is 7.80. The molecule has 1 atom stereocenters. The van der Waals surface area contributed by atoms with E-state index in [-0.39, 0.29) is 12.4 Å². The number of primary amides is 1. The fourth-order valence-electron chi connectivity index (χ4n) is 0.231. The summed E-state index contributed by atoms with van der Waals surface area (Å²) in [5, 5.41) is 8.70. The standard InChI is InChI=1S/C4H9NO3S/c5-4(7)8-1-3(6)2-9/h3,6,9H,1-2H2,(H2,5,7). The Morgan fingerprint density at radius 1 is 1.89 bits per heavy atom. The van der Waals surface area contributed by atoms with E-state index in [0.717, 1.165) is 0 Å². The summed E-state index contributed by atoms with van der Waals surface area (Å²) in [5.41, 5.74) is 4.60. The van der Waals surface area contributed by atoms with Gasteiger partial charge in [0.1, 0.15) is 6.61 Å². The molecule has 0 aliphatic rings. The maximum absolute atomic E-state index is 9.88. The SMILES string of the molecule is NC(=O)OCC(O)CS. The zero-order valence-electron chi connectivity index (χ0n) is 4.78. The van der Waals surface area contributed by atoms with Gasteiger partial charge in [-0.25, -0.2) is 4.79 Å². The summed E-state index contributed by atoms with van der Waals surface area (Å²) in [6.45, 7) is -0.0845. The summed E-state index contributed by atoms with van der Waals surface area (Å²) in [6.07, 6.45) is -1.60. The van der Waals surface area contributed by atoms with Gasteiger partial charge in [0, 0.05) is 5.75 Å². The molecular formula is C4H9NO3S. The highest BCUT2D eigenvalue weighted by atomic mass is 32.1. The minimum Gasteiger partial charge on any atom is -0.447 e. The maximum Gasteiger partial charge on any atom is 0.404 e. The number of rotatable bonds is 3. The lowest BCUT2D eigenvalue weighted by Crippen LogP contribution is -2.22. The average Bonchev–Trinajstić information content (AvgIpc) is 1.83. The van der Waals surface area contributed by atoms with Gasteiger partial charge in [0.05, 0.1) is 6.10 Å². The second kappa shape index (κ2) is 4.46. The Labute approximate surface area is 58.4 Å². The summed E-state index contributed by atoms with van der Waals surface area (Å²) in [6, 6.07) is 0. The number of ether oxygens (including phenoxy) is 1. The van der Waals surface area contributed by atoms with Gasteiger partial charge in [0.15, 0.2) is 0 Å². The Morgan fingerprint density at radius 2 is 2.44 bits per heavy atom. The van der Waals surface area contributed by atoms with E-state index in [1.165, 1.54) is 0 Å². The summed E-state index contributed by atoms with van der Waals surface area (Å²) < 4.78 is 4.23. The molecule has 0 rings (SSSR count). The first-order chi connectivity index (χ1) is 4.16. The lowest BCUT2D eigenvalue weighted by atomic mass is 10.4. The van der Waals surface area contributed by atoms with Crippen LogP contribution in [0.2, 0.25) is 0 Å². The predicted octanol–water partition coefficient (Wildman–Crippen LogP) is -0.628. The average molecular weight is 151 g/mol.